The third kappa shape index (κ3) is 10.7. The molecule has 3 atom stereocenters. The molecule has 6 rings (SSSR count). The van der Waals surface area contributed by atoms with Gasteiger partial charge in [0.05, 0.1) is 45.0 Å². The van der Waals surface area contributed by atoms with E-state index in [9.17, 15) is 14.4 Å². The summed E-state index contributed by atoms with van der Waals surface area (Å²) in [5, 5.41) is 7.85. The number of carbonyl (C=O) groups excluding carboxylic acids is 3. The van der Waals surface area contributed by atoms with Crippen molar-refractivity contribution in [2.45, 2.75) is 70.6 Å². The number of hydrogen-bond acceptors (Lipinski definition) is 6. The molecule has 2 N–H and O–H groups in total. The van der Waals surface area contributed by atoms with Gasteiger partial charge in [-0.25, -0.2) is 14.4 Å². The monoisotopic (exact) mass is 854 g/mol. The number of rotatable bonds is 12. The zero-order valence-electron chi connectivity index (χ0n) is 32.4. The van der Waals surface area contributed by atoms with Crippen LogP contribution < -0.4 is 10.6 Å². The van der Waals surface area contributed by atoms with Crippen molar-refractivity contribution in [2.75, 3.05) is 32.8 Å². The maximum atomic E-state index is 12.8. The van der Waals surface area contributed by atoms with Crippen LogP contribution >= 0.6 is 46.4 Å². The summed E-state index contributed by atoms with van der Waals surface area (Å²) in [6, 6.07) is 25.2. The van der Waals surface area contributed by atoms with Crippen molar-refractivity contribution in [3.63, 3.8) is 0 Å². The van der Waals surface area contributed by atoms with Crippen LogP contribution in [0.25, 0.3) is 11.1 Å². The van der Waals surface area contributed by atoms with Gasteiger partial charge in [-0.3, -0.25) is 0 Å². The van der Waals surface area contributed by atoms with Gasteiger partial charge < -0.3 is 34.6 Å². The standard InChI is InChI=1S/C43H46Cl4N4O6/c1-6-55-40(52)25(2)48-41(53)50-21-32(22-50)56-38(26-7-13-30(44)14-8-26)34-17-11-28(19-36(34)46)29-12-18-35(37(47)20-29)39(27-9-15-31(45)16-10-27)57-33-23-51(24-33)42(54)49-43(3,4)5/h7-20,25,32-33,38-39H,6,21-24H2,1-5H3,(H,48,53)(H,49,54). The predicted octanol–water partition coefficient (Wildman–Crippen LogP) is 9.72. The molecule has 0 saturated carbocycles. The predicted molar refractivity (Wildman–Crippen MR) is 224 cm³/mol. The Morgan fingerprint density at radius 2 is 1.11 bits per heavy atom. The second-order valence-electron chi connectivity index (χ2n) is 15.3. The van der Waals surface area contributed by atoms with Gasteiger partial charge in [-0.05, 0) is 93.3 Å². The lowest BCUT2D eigenvalue weighted by atomic mass is 9.95. The summed E-state index contributed by atoms with van der Waals surface area (Å²) in [6.45, 7) is 11.0. The largest absolute Gasteiger partial charge is 0.464 e. The van der Waals surface area contributed by atoms with Crippen LogP contribution in [0.1, 0.15) is 69.1 Å². The highest BCUT2D eigenvalue weighted by molar-refractivity contribution is 6.32. The minimum atomic E-state index is -0.769. The van der Waals surface area contributed by atoms with Crippen LogP contribution in [0.5, 0.6) is 0 Å². The number of ether oxygens (including phenoxy) is 3. The first-order valence-corrected chi connectivity index (χ1v) is 20.3. The van der Waals surface area contributed by atoms with E-state index < -0.39 is 24.2 Å². The zero-order valence-corrected chi connectivity index (χ0v) is 35.4. The van der Waals surface area contributed by atoms with Crippen molar-refractivity contribution in [2.24, 2.45) is 0 Å². The number of benzene rings is 4. The fourth-order valence-electron chi connectivity index (χ4n) is 6.54. The first-order valence-electron chi connectivity index (χ1n) is 18.8. The van der Waals surface area contributed by atoms with Gasteiger partial charge in [0.25, 0.3) is 0 Å². The molecule has 4 aromatic rings. The van der Waals surface area contributed by atoms with E-state index in [0.717, 1.165) is 33.4 Å². The van der Waals surface area contributed by atoms with E-state index in [1.54, 1.807) is 35.8 Å². The number of hydrogen-bond donors (Lipinski definition) is 2. The first kappa shape index (κ1) is 42.6. The summed E-state index contributed by atoms with van der Waals surface area (Å²) in [5.74, 6) is -0.491. The van der Waals surface area contributed by atoms with Crippen LogP contribution in [0.4, 0.5) is 9.59 Å². The summed E-state index contributed by atoms with van der Waals surface area (Å²) < 4.78 is 18.2. The van der Waals surface area contributed by atoms with Gasteiger partial charge in [0.2, 0.25) is 0 Å². The van der Waals surface area contributed by atoms with Gasteiger partial charge in [0, 0.05) is 36.8 Å². The molecular formula is C43H46Cl4N4O6. The number of halogens is 4. The zero-order chi connectivity index (χ0) is 41.0. The number of nitrogens with zero attached hydrogens (tertiary/aromatic N) is 2. The quantitative estimate of drug-likeness (QED) is 0.138. The van der Waals surface area contributed by atoms with Crippen molar-refractivity contribution >= 4 is 64.4 Å². The molecule has 302 valence electrons. The summed E-state index contributed by atoms with van der Waals surface area (Å²) in [5.41, 5.74) is 4.60. The molecule has 4 amide bonds. The van der Waals surface area contributed by atoms with Crippen molar-refractivity contribution in [3.05, 3.63) is 127 Å². The Morgan fingerprint density at radius 3 is 1.49 bits per heavy atom. The second kappa shape index (κ2) is 18.3. The van der Waals surface area contributed by atoms with Crippen LogP contribution in [0.2, 0.25) is 20.1 Å². The third-order valence-corrected chi connectivity index (χ3v) is 10.8. The van der Waals surface area contributed by atoms with Crippen molar-refractivity contribution < 1.29 is 28.6 Å². The Bertz CT molecular complexity index is 2070. The molecule has 2 heterocycles. The maximum absolute atomic E-state index is 12.8. The van der Waals surface area contributed by atoms with Crippen LogP contribution in [0, 0.1) is 0 Å². The van der Waals surface area contributed by atoms with Gasteiger partial charge in [-0.15, -0.1) is 0 Å². The van der Waals surface area contributed by atoms with Crippen molar-refractivity contribution in [1.82, 2.24) is 20.4 Å². The highest BCUT2D eigenvalue weighted by Crippen LogP contribution is 2.40. The highest BCUT2D eigenvalue weighted by Gasteiger charge is 2.37. The molecule has 2 fully saturated rings. The van der Waals surface area contributed by atoms with E-state index >= 15 is 0 Å². The molecule has 0 aliphatic carbocycles. The number of amides is 4. The number of nitrogens with one attached hydrogen (secondary N) is 2. The van der Waals surface area contributed by atoms with E-state index in [1.165, 1.54) is 0 Å². The lowest BCUT2D eigenvalue weighted by molar-refractivity contribution is -0.145. The fourth-order valence-corrected chi connectivity index (χ4v) is 7.36. The summed E-state index contributed by atoms with van der Waals surface area (Å²) >= 11 is 26.5. The van der Waals surface area contributed by atoms with Gasteiger partial charge in [0.15, 0.2) is 0 Å². The average Bonchev–Trinajstić information content (AvgIpc) is 3.11. The van der Waals surface area contributed by atoms with E-state index in [1.807, 2.05) is 93.6 Å². The Morgan fingerprint density at radius 1 is 0.684 bits per heavy atom. The smallest absolute Gasteiger partial charge is 0.328 e. The van der Waals surface area contributed by atoms with Crippen LogP contribution in [0.3, 0.4) is 0 Å². The SMILES string of the molecule is CCOC(=O)C(C)NC(=O)N1CC(OC(c2ccc(Cl)cc2)c2ccc(-c3ccc(C(OC4CN(C(=O)NC(C)(C)C)C4)c4ccc(Cl)cc4)c(Cl)c3)cc2Cl)C1. The third-order valence-electron chi connectivity index (χ3n) is 9.63. The molecule has 0 spiro atoms. The van der Waals surface area contributed by atoms with E-state index in [2.05, 4.69) is 10.6 Å². The van der Waals surface area contributed by atoms with E-state index in [4.69, 9.17) is 60.6 Å². The first-order chi connectivity index (χ1) is 27.1. The Hall–Kier alpha value is -4.03. The van der Waals surface area contributed by atoms with Gasteiger partial charge in [-0.1, -0.05) is 94.9 Å². The molecule has 10 nitrogen and oxygen atoms in total. The topological polar surface area (TPSA) is 109 Å². The van der Waals surface area contributed by atoms with E-state index in [0.29, 0.717) is 46.3 Å². The van der Waals surface area contributed by atoms with Crippen molar-refractivity contribution in [1.29, 1.82) is 0 Å². The second-order valence-corrected chi connectivity index (χ2v) is 17.0. The normalized spacial score (nSPS) is 16.2. The van der Waals surface area contributed by atoms with Crippen LogP contribution in [-0.4, -0.2) is 84.4 Å². The van der Waals surface area contributed by atoms with Crippen LogP contribution in [0.15, 0.2) is 84.9 Å². The fraction of sp³-hybridized carbons (Fsp3) is 0.372. The Balaban J connectivity index is 1.18. The molecule has 2 aliphatic heterocycles. The summed E-state index contributed by atoms with van der Waals surface area (Å²) in [7, 11) is 0. The number of urea groups is 2. The highest BCUT2D eigenvalue weighted by atomic mass is 35.5. The Kier molecular flexibility index (Phi) is 13.6. The molecule has 14 heteroatoms. The Labute approximate surface area is 353 Å². The number of likely N-dealkylation sites (tertiary alicyclic amines) is 2. The van der Waals surface area contributed by atoms with Gasteiger partial charge in [0.1, 0.15) is 18.2 Å². The molecule has 57 heavy (non-hydrogen) atoms. The minimum Gasteiger partial charge on any atom is -0.464 e. The number of carbonyl (C=O) groups is 3. The molecule has 3 unspecified atom stereocenters. The molecule has 2 saturated heterocycles. The van der Waals surface area contributed by atoms with Gasteiger partial charge >= 0.3 is 18.0 Å². The molecule has 4 aromatic carbocycles. The molecule has 2 aliphatic rings. The van der Waals surface area contributed by atoms with Crippen LogP contribution in [-0.2, 0) is 19.0 Å². The lowest BCUT2D eigenvalue weighted by Crippen LogP contribution is -2.60. The summed E-state index contributed by atoms with van der Waals surface area (Å²) in [4.78, 5) is 40.7. The van der Waals surface area contributed by atoms with E-state index in [-0.39, 0.29) is 36.4 Å². The average molecular weight is 857 g/mol. The minimum absolute atomic E-state index is 0.124. The van der Waals surface area contributed by atoms with Gasteiger partial charge in [-0.2, -0.15) is 0 Å². The summed E-state index contributed by atoms with van der Waals surface area (Å²) in [6.07, 6.45) is -1.52. The molecular weight excluding hydrogens is 810 g/mol. The molecule has 0 aromatic heterocycles. The maximum Gasteiger partial charge on any atom is 0.328 e. The lowest BCUT2D eigenvalue weighted by Gasteiger charge is -2.42. The molecule has 0 bridgehead atoms. The molecule has 0 radical (unpaired) electrons. The number of esters is 1. The van der Waals surface area contributed by atoms with Crippen molar-refractivity contribution in [3.8, 4) is 11.1 Å².